The van der Waals surface area contributed by atoms with Gasteiger partial charge in [0.15, 0.2) is 0 Å². The van der Waals surface area contributed by atoms with E-state index in [0.29, 0.717) is 30.8 Å². The fourth-order valence-corrected chi connectivity index (χ4v) is 2.58. The number of aliphatic carboxylic acids is 1. The molecule has 1 fully saturated rings. The number of hydrogen-bond acceptors (Lipinski definition) is 3. The predicted octanol–water partition coefficient (Wildman–Crippen LogP) is 3.16. The summed E-state index contributed by atoms with van der Waals surface area (Å²) in [6.07, 6.45) is 4.29. The molecule has 0 saturated heterocycles. The summed E-state index contributed by atoms with van der Waals surface area (Å²) in [6, 6.07) is 6.95. The number of amides is 1. The molecule has 0 radical (unpaired) electrons. The zero-order valence-corrected chi connectivity index (χ0v) is 13.6. The van der Waals surface area contributed by atoms with Crippen LogP contribution in [0, 0.1) is 0 Å². The van der Waals surface area contributed by atoms with Gasteiger partial charge in [0.05, 0.1) is 12.0 Å². The van der Waals surface area contributed by atoms with E-state index >= 15 is 0 Å². The molecule has 0 heterocycles. The van der Waals surface area contributed by atoms with Crippen molar-refractivity contribution in [3.8, 4) is 5.75 Å². The van der Waals surface area contributed by atoms with Gasteiger partial charge in [-0.2, -0.15) is 0 Å². The van der Waals surface area contributed by atoms with Gasteiger partial charge in [0.25, 0.3) is 5.91 Å². The van der Waals surface area contributed by atoms with Crippen LogP contribution in [0.3, 0.4) is 0 Å². The Morgan fingerprint density at radius 2 is 2.09 bits per heavy atom. The molecule has 5 nitrogen and oxygen atoms in total. The summed E-state index contributed by atoms with van der Waals surface area (Å²) in [5, 5.41) is 11.9. The van der Waals surface area contributed by atoms with Gasteiger partial charge in [-0.05, 0) is 57.4 Å². The highest BCUT2D eigenvalue weighted by Gasteiger charge is 2.40. The number of carboxylic acid groups (broad SMARTS) is 1. The molecule has 0 atom stereocenters. The number of carboxylic acids is 1. The molecule has 0 spiro atoms. The molecule has 0 aliphatic heterocycles. The van der Waals surface area contributed by atoms with Gasteiger partial charge in [-0.1, -0.05) is 11.6 Å². The molecule has 0 bridgehead atoms. The van der Waals surface area contributed by atoms with Crippen molar-refractivity contribution >= 4 is 11.9 Å². The van der Waals surface area contributed by atoms with E-state index in [0.717, 1.165) is 6.42 Å². The SMILES string of the molecule is CC(C)=CCOc1cccc(C(=O)NC2(CC(=O)O)CCC2)c1. The van der Waals surface area contributed by atoms with Crippen molar-refractivity contribution < 1.29 is 19.4 Å². The molecule has 1 aromatic carbocycles. The van der Waals surface area contributed by atoms with E-state index in [4.69, 9.17) is 9.84 Å². The Balaban J connectivity index is 2.01. The summed E-state index contributed by atoms with van der Waals surface area (Å²) in [5.41, 5.74) is 1.05. The Morgan fingerprint density at radius 1 is 1.35 bits per heavy atom. The van der Waals surface area contributed by atoms with Crippen LogP contribution in [0.2, 0.25) is 0 Å². The second-order valence-electron chi connectivity index (χ2n) is 6.28. The molecule has 0 unspecified atom stereocenters. The third-order valence-corrected chi connectivity index (χ3v) is 4.02. The topological polar surface area (TPSA) is 75.6 Å². The first-order valence-electron chi connectivity index (χ1n) is 7.81. The maximum Gasteiger partial charge on any atom is 0.305 e. The Morgan fingerprint density at radius 3 is 2.65 bits per heavy atom. The summed E-state index contributed by atoms with van der Waals surface area (Å²) in [7, 11) is 0. The summed E-state index contributed by atoms with van der Waals surface area (Å²) in [6.45, 7) is 4.44. The fraction of sp³-hybridized carbons (Fsp3) is 0.444. The Hall–Kier alpha value is -2.30. The number of carbonyl (C=O) groups excluding carboxylic acids is 1. The van der Waals surface area contributed by atoms with Crippen molar-refractivity contribution in [1.82, 2.24) is 5.32 Å². The average Bonchev–Trinajstić information content (AvgIpc) is 2.44. The molecule has 124 valence electrons. The predicted molar refractivity (Wildman–Crippen MR) is 87.7 cm³/mol. The minimum atomic E-state index is -0.885. The van der Waals surface area contributed by atoms with Crippen LogP contribution in [-0.4, -0.2) is 29.1 Å². The van der Waals surface area contributed by atoms with E-state index in [-0.39, 0.29) is 12.3 Å². The number of hydrogen-bond donors (Lipinski definition) is 2. The van der Waals surface area contributed by atoms with Crippen molar-refractivity contribution in [2.45, 2.75) is 45.1 Å². The smallest absolute Gasteiger partial charge is 0.305 e. The number of carbonyl (C=O) groups is 2. The van der Waals surface area contributed by atoms with Gasteiger partial charge in [0, 0.05) is 5.56 Å². The van der Waals surface area contributed by atoms with Gasteiger partial charge < -0.3 is 15.2 Å². The number of allylic oxidation sites excluding steroid dienone is 1. The van der Waals surface area contributed by atoms with E-state index in [1.165, 1.54) is 5.57 Å². The fourth-order valence-electron chi connectivity index (χ4n) is 2.58. The molecule has 0 aromatic heterocycles. The molecular formula is C18H23NO4. The molecule has 2 rings (SSSR count). The van der Waals surface area contributed by atoms with E-state index in [1.807, 2.05) is 19.9 Å². The van der Waals surface area contributed by atoms with Crippen LogP contribution in [0.15, 0.2) is 35.9 Å². The normalized spacial score (nSPS) is 15.2. The summed E-state index contributed by atoms with van der Waals surface area (Å²) in [5.74, 6) is -0.515. The number of ether oxygens (including phenoxy) is 1. The van der Waals surface area contributed by atoms with Crippen molar-refractivity contribution in [1.29, 1.82) is 0 Å². The molecule has 1 saturated carbocycles. The van der Waals surface area contributed by atoms with Crippen molar-refractivity contribution in [2.24, 2.45) is 0 Å². The van der Waals surface area contributed by atoms with Crippen LogP contribution in [0.25, 0.3) is 0 Å². The van der Waals surface area contributed by atoms with Gasteiger partial charge in [-0.3, -0.25) is 9.59 Å². The van der Waals surface area contributed by atoms with Crippen LogP contribution in [0.5, 0.6) is 5.75 Å². The molecular weight excluding hydrogens is 294 g/mol. The lowest BCUT2D eigenvalue weighted by molar-refractivity contribution is -0.139. The zero-order chi connectivity index (χ0) is 16.9. The van der Waals surface area contributed by atoms with E-state index < -0.39 is 11.5 Å². The first kappa shape index (κ1) is 17.1. The minimum Gasteiger partial charge on any atom is -0.490 e. The standard InChI is InChI=1S/C18H23NO4/c1-13(2)7-10-23-15-6-3-5-14(11-15)17(22)19-18(8-4-9-18)12-16(20)21/h3,5-7,11H,4,8-10,12H2,1-2H3,(H,19,22)(H,20,21). The molecule has 1 aromatic rings. The van der Waals surface area contributed by atoms with E-state index in [1.54, 1.807) is 24.3 Å². The Kier molecular flexibility index (Phi) is 5.42. The quantitative estimate of drug-likeness (QED) is 0.757. The maximum atomic E-state index is 12.4. The third kappa shape index (κ3) is 4.84. The molecule has 1 amide bonds. The lowest BCUT2D eigenvalue weighted by Crippen LogP contribution is -2.54. The maximum absolute atomic E-state index is 12.4. The van der Waals surface area contributed by atoms with Crippen LogP contribution >= 0.6 is 0 Å². The molecule has 23 heavy (non-hydrogen) atoms. The van der Waals surface area contributed by atoms with Crippen LogP contribution in [0.4, 0.5) is 0 Å². The number of nitrogens with one attached hydrogen (secondary N) is 1. The lowest BCUT2D eigenvalue weighted by Gasteiger charge is -2.41. The van der Waals surface area contributed by atoms with Gasteiger partial charge >= 0.3 is 5.97 Å². The van der Waals surface area contributed by atoms with Gasteiger partial charge in [-0.25, -0.2) is 0 Å². The number of benzene rings is 1. The Bertz CT molecular complexity index is 613. The minimum absolute atomic E-state index is 0.0322. The van der Waals surface area contributed by atoms with Crippen molar-refractivity contribution in [2.75, 3.05) is 6.61 Å². The average molecular weight is 317 g/mol. The Labute approximate surface area is 136 Å². The van der Waals surface area contributed by atoms with Gasteiger partial charge in [-0.15, -0.1) is 0 Å². The molecule has 1 aliphatic carbocycles. The van der Waals surface area contributed by atoms with Crippen LogP contribution in [0.1, 0.15) is 49.9 Å². The lowest BCUT2D eigenvalue weighted by atomic mass is 9.74. The van der Waals surface area contributed by atoms with Gasteiger partial charge in [0.1, 0.15) is 12.4 Å². The monoisotopic (exact) mass is 317 g/mol. The summed E-state index contributed by atoms with van der Waals surface area (Å²) >= 11 is 0. The summed E-state index contributed by atoms with van der Waals surface area (Å²) in [4.78, 5) is 23.4. The third-order valence-electron chi connectivity index (χ3n) is 4.02. The highest BCUT2D eigenvalue weighted by atomic mass is 16.5. The van der Waals surface area contributed by atoms with E-state index in [2.05, 4.69) is 5.32 Å². The first-order valence-corrected chi connectivity index (χ1v) is 7.81. The molecule has 2 N–H and O–H groups in total. The van der Waals surface area contributed by atoms with Crippen molar-refractivity contribution in [3.05, 3.63) is 41.5 Å². The van der Waals surface area contributed by atoms with E-state index in [9.17, 15) is 9.59 Å². The molecule has 1 aliphatic rings. The van der Waals surface area contributed by atoms with Crippen LogP contribution < -0.4 is 10.1 Å². The first-order chi connectivity index (χ1) is 10.9. The highest BCUT2D eigenvalue weighted by molar-refractivity contribution is 5.95. The molecule has 5 heteroatoms. The van der Waals surface area contributed by atoms with Crippen LogP contribution in [-0.2, 0) is 4.79 Å². The van der Waals surface area contributed by atoms with Crippen molar-refractivity contribution in [3.63, 3.8) is 0 Å². The highest BCUT2D eigenvalue weighted by Crippen LogP contribution is 2.35. The second kappa shape index (κ2) is 7.31. The summed E-state index contributed by atoms with van der Waals surface area (Å²) < 4.78 is 5.59. The number of rotatable bonds is 7. The largest absolute Gasteiger partial charge is 0.490 e. The van der Waals surface area contributed by atoms with Gasteiger partial charge in [0.2, 0.25) is 0 Å². The second-order valence-corrected chi connectivity index (χ2v) is 6.28. The zero-order valence-electron chi connectivity index (χ0n) is 13.6.